The number of hydrogen-bond acceptors (Lipinski definition) is 27. The first-order valence-corrected chi connectivity index (χ1v) is 39.3. The molecule has 4 N–H and O–H groups in total. The first-order chi connectivity index (χ1) is 52.8. The van der Waals surface area contributed by atoms with E-state index in [1.54, 1.807) is 101 Å². The van der Waals surface area contributed by atoms with Crippen molar-refractivity contribution in [1.29, 1.82) is 0 Å². The molecule has 35 heteroatoms. The van der Waals surface area contributed by atoms with Crippen molar-refractivity contribution < 1.29 is 122 Å². The average molecular weight is 1900 g/mol. The summed E-state index contributed by atoms with van der Waals surface area (Å²) in [6.07, 6.45) is 21.1. The van der Waals surface area contributed by atoms with E-state index in [4.69, 9.17) is 62.0 Å². The summed E-state index contributed by atoms with van der Waals surface area (Å²) >= 11 is 11.2. The third-order valence-corrected chi connectivity index (χ3v) is 20.5. The van der Waals surface area contributed by atoms with E-state index in [-0.39, 0.29) is 131 Å². The topological polar surface area (TPSA) is 391 Å². The third kappa shape index (κ3) is 37.6. The molecule has 27 nitrogen and oxygen atoms in total. The molecule has 0 spiro atoms. The molecule has 4 fully saturated rings. The summed E-state index contributed by atoms with van der Waals surface area (Å²) in [5.41, 5.74) is 7.07. The smallest absolute Gasteiger partial charge is 0.870 e. The number of aryl methyl sites for hydroxylation is 2. The van der Waals surface area contributed by atoms with Gasteiger partial charge in [0.05, 0.1) is 62.4 Å². The Hall–Kier alpha value is -8.27. The van der Waals surface area contributed by atoms with Crippen LogP contribution in [0.1, 0.15) is 107 Å². The minimum absolute atomic E-state index is 0. The fourth-order valence-corrected chi connectivity index (χ4v) is 13.8. The summed E-state index contributed by atoms with van der Waals surface area (Å²) < 4.78 is 33.2. The SMILES string of the molecule is Brc1ccsc1.C1CCOC1.C1CCOC1.CCC(CO)(CO)c1ccc(=O)n(-c2ccsc2)c1.CCC1(c2ccc(=O)n(-c3ccsc3)c2)COC1.CCCc1ccc(=O)[nH]c1.CCCc1ccc(=O)n(-c2ccsc2)c1.O=C=O.O=C=O.O=C=O.O=C=O.O=COC1(c2ccc(=O)n(-c3ccsc3)c2)COC1.[CH3-].[CH3-].[Li+].[OH-].[W]. The molecule has 0 radical (unpaired) electrons. The van der Waals surface area contributed by atoms with Crippen molar-refractivity contribution in [3.63, 3.8) is 0 Å². The van der Waals surface area contributed by atoms with E-state index in [0.29, 0.717) is 26.1 Å². The molecule has 0 aromatic carbocycles. The Bertz CT molecular complexity index is 4500. The molecule has 4 aliphatic heterocycles. The first-order valence-electron chi connectivity index (χ1n) is 33.8. The number of H-pyrrole nitrogens is 1. The Balaban J connectivity index is -0.00000124. The second-order valence-corrected chi connectivity index (χ2v) is 28.1. The fourth-order valence-electron chi connectivity index (χ4n) is 10.1. The van der Waals surface area contributed by atoms with Crippen LogP contribution >= 0.6 is 72.6 Å². The second kappa shape index (κ2) is 64.0. The van der Waals surface area contributed by atoms with Crippen LogP contribution in [0.2, 0.25) is 0 Å². The molecule has 0 saturated carbocycles. The van der Waals surface area contributed by atoms with E-state index >= 15 is 0 Å². The maximum absolute atomic E-state index is 11.9. The number of ether oxygens (including phenoxy) is 5. The molecule has 14 rings (SSSR count). The molecule has 0 atom stereocenters. The van der Waals surface area contributed by atoms with E-state index in [1.165, 1.54) is 81.7 Å². The van der Waals surface area contributed by atoms with Gasteiger partial charge in [0.15, 0.2) is 5.60 Å². The zero-order valence-electron chi connectivity index (χ0n) is 64.3. The van der Waals surface area contributed by atoms with E-state index in [0.717, 1.165) is 106 Å². The van der Waals surface area contributed by atoms with Crippen molar-refractivity contribution in [1.82, 2.24) is 23.3 Å². The molecule has 0 bridgehead atoms. The number of carbonyl (C=O) groups excluding carboxylic acids is 9. The summed E-state index contributed by atoms with van der Waals surface area (Å²) in [6, 6.07) is 26.5. The molecule has 114 heavy (non-hydrogen) atoms. The van der Waals surface area contributed by atoms with Crippen LogP contribution in [-0.4, -0.2) is 136 Å². The van der Waals surface area contributed by atoms with Gasteiger partial charge in [-0.05, 0) is 153 Å². The fraction of sp³-hybridized carbons (Fsp3) is 0.342. The normalized spacial score (nSPS) is 12.6. The van der Waals surface area contributed by atoms with Gasteiger partial charge >= 0.3 is 43.5 Å². The van der Waals surface area contributed by atoms with Gasteiger partial charge in [-0.3, -0.25) is 47.0 Å². The predicted octanol–water partition coefficient (Wildman–Crippen LogP) is 9.08. The molecule has 612 valence electrons. The molecular formula is C79H93BrLiN5O22S5W-2. The summed E-state index contributed by atoms with van der Waals surface area (Å²) in [7, 11) is 0. The van der Waals surface area contributed by atoms with Gasteiger partial charge in [-0.25, -0.2) is 0 Å². The predicted molar refractivity (Wildman–Crippen MR) is 430 cm³/mol. The number of aliphatic hydroxyl groups excluding tert-OH is 2. The summed E-state index contributed by atoms with van der Waals surface area (Å²) in [6.45, 7) is 14.6. The first kappa shape index (κ1) is 110. The minimum atomic E-state index is -0.757. The molecule has 4 aliphatic rings. The van der Waals surface area contributed by atoms with Gasteiger partial charge in [0, 0.05) is 157 Å². The molecule has 0 unspecified atom stereocenters. The molecule has 0 aliphatic carbocycles. The van der Waals surface area contributed by atoms with Gasteiger partial charge in [-0.15, -0.1) is 0 Å². The molecular weight excluding hydrogens is 1800 g/mol. The van der Waals surface area contributed by atoms with Gasteiger partial charge in [0.25, 0.3) is 28.7 Å². The summed E-state index contributed by atoms with van der Waals surface area (Å²) in [4.78, 5) is 136. The van der Waals surface area contributed by atoms with Crippen molar-refractivity contribution in [2.45, 2.75) is 108 Å². The number of pyridine rings is 5. The Morgan fingerprint density at radius 2 is 0.868 bits per heavy atom. The van der Waals surface area contributed by atoms with Crippen molar-refractivity contribution >= 4 is 104 Å². The third-order valence-electron chi connectivity index (χ3n) is 16.3. The van der Waals surface area contributed by atoms with Crippen molar-refractivity contribution in [3.05, 3.63) is 275 Å². The number of rotatable bonds is 17. The standard InChI is InChI=1S/C14H17NO3S.C14H15NO2S.C13H11NO4S.C12H13NOS.C8H11NO.C4H3BrS.2C4H8O.4CO2.2CH3.Li.H2O.W/c1-2-14(9-16,10-17)11-3-4-13(18)15(7-11)12-5-6-19-8-12;1-2-14(9-17-10-14)11-3-4-13(16)15(7-11)12-5-6-18-8-12;15-9-18-13(7-17-8-13)10-1-2-12(16)14(5-10)11-3-4-19-6-11;1-2-3-10-4-5-12(14)13(8-10)11-6-7-15-9-11;1-2-3-7-4-5-8(10)9-6-7;5-4-1-2-6-3-4;2*1-2-4-5-3-1;4*2-1-3;;;;;/h3-8,16-17H,2,9-10H2,1H3;3-8H,2,9-10H2,1H3;1-6,9H,7-8H2;4-9H,2-3H2,1H3;4-6H,2-3H2,1H3,(H,9,10);1-3H;2*1-4H2;;;;;2*1H3;;1H2;/q;;;;;;;;;;;;2*-1;+1;;/p-1. The van der Waals surface area contributed by atoms with Crippen LogP contribution in [0.5, 0.6) is 0 Å². The van der Waals surface area contributed by atoms with Crippen LogP contribution in [0.25, 0.3) is 22.7 Å². The Labute approximate surface area is 715 Å². The maximum Gasteiger partial charge on any atom is 1.00 e. The Kier molecular flexibility index (Phi) is 61.7. The van der Waals surface area contributed by atoms with Gasteiger partial charge in [0.1, 0.15) is 0 Å². The van der Waals surface area contributed by atoms with Crippen molar-refractivity contribution in [2.24, 2.45) is 0 Å². The largest absolute Gasteiger partial charge is 1.00 e. The number of halogens is 1. The van der Waals surface area contributed by atoms with Crippen LogP contribution in [0.15, 0.2) is 204 Å². The van der Waals surface area contributed by atoms with E-state index in [2.05, 4.69) is 41.7 Å². The number of aromatic amines is 1. The van der Waals surface area contributed by atoms with Crippen molar-refractivity contribution in [2.75, 3.05) is 66.1 Å². The number of nitrogens with one attached hydrogen (secondary N) is 1. The molecule has 10 aromatic rings. The van der Waals surface area contributed by atoms with Crippen LogP contribution in [0, 0.1) is 14.9 Å². The van der Waals surface area contributed by atoms with Crippen LogP contribution in [0.3, 0.4) is 0 Å². The number of hydrogen-bond donors (Lipinski definition) is 3. The number of thiophene rings is 5. The van der Waals surface area contributed by atoms with Crippen LogP contribution in [0.4, 0.5) is 0 Å². The zero-order valence-corrected chi connectivity index (χ0v) is 72.9. The number of nitrogens with zero attached hydrogens (tertiary/aromatic N) is 4. The number of carbonyl (C=O) groups is 1. The quantitative estimate of drug-likeness (QED) is 0.0434. The summed E-state index contributed by atoms with van der Waals surface area (Å²) in [5.74, 6) is 0. The Morgan fingerprint density at radius 3 is 1.17 bits per heavy atom. The molecule has 10 aromatic heterocycles. The summed E-state index contributed by atoms with van der Waals surface area (Å²) in [5, 5.41) is 38.7. The van der Waals surface area contributed by atoms with Crippen LogP contribution in [-0.2, 0) is 117 Å². The monoisotopic (exact) mass is 1890 g/mol. The number of aliphatic hydroxyl groups is 2. The molecule has 14 heterocycles. The Morgan fingerprint density at radius 1 is 0.500 bits per heavy atom. The van der Waals surface area contributed by atoms with Gasteiger partial charge in [-0.1, -0.05) is 64.8 Å². The maximum atomic E-state index is 11.9. The average Bonchev–Trinajstić information content (AvgIpc) is 0.974. The second-order valence-electron chi connectivity index (χ2n) is 23.3. The van der Waals surface area contributed by atoms with Gasteiger partial charge in [-0.2, -0.15) is 95.0 Å². The van der Waals surface area contributed by atoms with E-state index in [9.17, 15) is 39.0 Å². The molecule has 4 saturated heterocycles. The zero-order chi connectivity index (χ0) is 80.1. The van der Waals surface area contributed by atoms with Crippen LogP contribution < -0.4 is 46.7 Å². The van der Waals surface area contributed by atoms with E-state index < -0.39 is 11.0 Å². The minimum Gasteiger partial charge on any atom is -0.870 e. The van der Waals surface area contributed by atoms with E-state index in [1.807, 2.05) is 122 Å². The number of aromatic nitrogens is 5. The van der Waals surface area contributed by atoms with Gasteiger partial charge < -0.3 is 59.2 Å². The van der Waals surface area contributed by atoms with Gasteiger partial charge in [0.2, 0.25) is 5.56 Å². The van der Waals surface area contributed by atoms with Crippen molar-refractivity contribution in [3.8, 4) is 22.7 Å². The molecule has 0 amide bonds.